The average Bonchev–Trinajstić information content (AvgIpc) is 3.04. The van der Waals surface area contributed by atoms with E-state index in [1.165, 1.54) is 12.1 Å². The van der Waals surface area contributed by atoms with E-state index in [9.17, 15) is 4.39 Å². The van der Waals surface area contributed by atoms with Crippen molar-refractivity contribution in [2.45, 2.75) is 20.0 Å². The normalized spacial score (nSPS) is 11.0. The topological polar surface area (TPSA) is 51.4 Å². The zero-order valence-electron chi connectivity index (χ0n) is 14.3. The van der Waals surface area contributed by atoms with Crippen molar-refractivity contribution in [2.24, 2.45) is 0 Å². The van der Waals surface area contributed by atoms with Crippen LogP contribution in [0, 0.1) is 5.82 Å². The smallest absolute Gasteiger partial charge is 0.241 e. The molecule has 3 rings (SSSR count). The van der Waals surface area contributed by atoms with Gasteiger partial charge in [0, 0.05) is 12.1 Å². The summed E-state index contributed by atoms with van der Waals surface area (Å²) in [6.45, 7) is 3.65. The molecule has 0 radical (unpaired) electrons. The lowest BCUT2D eigenvalue weighted by Crippen LogP contribution is -2.17. The summed E-state index contributed by atoms with van der Waals surface area (Å²) < 4.78 is 24.0. The molecule has 5 nitrogen and oxygen atoms in total. The Morgan fingerprint density at radius 3 is 2.64 bits per heavy atom. The van der Waals surface area contributed by atoms with Gasteiger partial charge in [0.15, 0.2) is 0 Å². The van der Waals surface area contributed by atoms with E-state index in [1.54, 1.807) is 6.07 Å². The molecule has 3 aromatic rings. The molecule has 0 bridgehead atoms. The highest BCUT2D eigenvalue weighted by atomic mass is 19.1. The van der Waals surface area contributed by atoms with Crippen molar-refractivity contribution in [2.75, 3.05) is 13.7 Å². The fraction of sp³-hybridized carbons (Fsp3) is 0.263. The van der Waals surface area contributed by atoms with Gasteiger partial charge in [-0.25, -0.2) is 4.39 Å². The molecule has 0 fully saturated rings. The zero-order chi connectivity index (χ0) is 17.6. The van der Waals surface area contributed by atoms with Gasteiger partial charge in [0.2, 0.25) is 11.7 Å². The molecule has 0 saturated carbocycles. The van der Waals surface area contributed by atoms with Crippen LogP contribution < -0.4 is 4.74 Å². The molecule has 0 aliphatic carbocycles. The lowest BCUT2D eigenvalue weighted by atomic mass is 10.2. The number of hydrogen-bond donors (Lipinski definition) is 0. The quantitative estimate of drug-likeness (QED) is 0.652. The van der Waals surface area contributed by atoms with Gasteiger partial charge in [0.1, 0.15) is 11.6 Å². The first-order chi connectivity index (χ1) is 12.1. The van der Waals surface area contributed by atoms with Crippen molar-refractivity contribution in [3.05, 3.63) is 65.8 Å². The molecule has 0 amide bonds. The first kappa shape index (κ1) is 17.1. The van der Waals surface area contributed by atoms with Gasteiger partial charge in [0.05, 0.1) is 13.2 Å². The van der Waals surface area contributed by atoms with E-state index in [0.717, 1.165) is 16.9 Å². The van der Waals surface area contributed by atoms with E-state index in [0.29, 0.717) is 31.4 Å². The molecule has 2 aromatic carbocycles. The van der Waals surface area contributed by atoms with Crippen LogP contribution in [-0.4, -0.2) is 28.7 Å². The Bertz CT molecular complexity index is 818. The van der Waals surface area contributed by atoms with Crippen LogP contribution in [0.3, 0.4) is 0 Å². The van der Waals surface area contributed by atoms with Crippen LogP contribution in [0.15, 0.2) is 53.1 Å². The molecule has 0 N–H and O–H groups in total. The summed E-state index contributed by atoms with van der Waals surface area (Å²) >= 11 is 0. The Morgan fingerprint density at radius 1 is 1.12 bits per heavy atom. The van der Waals surface area contributed by atoms with E-state index in [1.807, 2.05) is 49.2 Å². The van der Waals surface area contributed by atoms with Crippen molar-refractivity contribution in [3.63, 3.8) is 0 Å². The molecule has 130 valence electrons. The van der Waals surface area contributed by atoms with Gasteiger partial charge in [0.25, 0.3) is 0 Å². The largest absolute Gasteiger partial charge is 0.494 e. The highest BCUT2D eigenvalue weighted by Crippen LogP contribution is 2.20. The highest BCUT2D eigenvalue weighted by molar-refractivity contribution is 5.55. The Balaban J connectivity index is 1.62. The van der Waals surface area contributed by atoms with Gasteiger partial charge in [-0.05, 0) is 55.9 Å². The van der Waals surface area contributed by atoms with Gasteiger partial charge < -0.3 is 9.26 Å². The summed E-state index contributed by atoms with van der Waals surface area (Å²) in [5, 5.41) is 4.02. The molecular formula is C19H20FN3O2. The summed E-state index contributed by atoms with van der Waals surface area (Å²) in [5.74, 6) is 1.63. The van der Waals surface area contributed by atoms with Crippen molar-refractivity contribution in [1.29, 1.82) is 0 Å². The average molecular weight is 341 g/mol. The van der Waals surface area contributed by atoms with E-state index in [-0.39, 0.29) is 5.82 Å². The maximum absolute atomic E-state index is 13.2. The van der Waals surface area contributed by atoms with Crippen LogP contribution in [-0.2, 0) is 13.1 Å². The second-order valence-electron chi connectivity index (χ2n) is 5.77. The first-order valence-corrected chi connectivity index (χ1v) is 8.13. The number of hydrogen-bond acceptors (Lipinski definition) is 5. The second-order valence-corrected chi connectivity index (χ2v) is 5.77. The minimum Gasteiger partial charge on any atom is -0.494 e. The molecule has 25 heavy (non-hydrogen) atoms. The van der Waals surface area contributed by atoms with Gasteiger partial charge in [-0.15, -0.1) is 0 Å². The molecular weight excluding hydrogens is 321 g/mol. The van der Waals surface area contributed by atoms with Crippen LogP contribution >= 0.6 is 0 Å². The summed E-state index contributed by atoms with van der Waals surface area (Å²) in [5.41, 5.74) is 1.76. The number of nitrogens with zero attached hydrogens (tertiary/aromatic N) is 3. The Kier molecular flexibility index (Phi) is 5.40. The minimum atomic E-state index is -0.235. The number of halogens is 1. The van der Waals surface area contributed by atoms with Crippen molar-refractivity contribution in [1.82, 2.24) is 15.0 Å². The molecule has 0 aliphatic rings. The van der Waals surface area contributed by atoms with Crippen molar-refractivity contribution in [3.8, 4) is 17.1 Å². The van der Waals surface area contributed by atoms with Gasteiger partial charge in [-0.1, -0.05) is 17.3 Å². The van der Waals surface area contributed by atoms with Gasteiger partial charge in [-0.2, -0.15) is 4.98 Å². The Hall–Kier alpha value is -2.73. The molecule has 0 spiro atoms. The predicted octanol–water partition coefficient (Wildman–Crippen LogP) is 3.91. The van der Waals surface area contributed by atoms with Crippen molar-refractivity contribution < 1.29 is 13.7 Å². The number of benzene rings is 2. The second kappa shape index (κ2) is 7.90. The number of aromatic nitrogens is 2. The van der Waals surface area contributed by atoms with Crippen LogP contribution in [0.1, 0.15) is 18.4 Å². The molecule has 1 aromatic heterocycles. The fourth-order valence-electron chi connectivity index (χ4n) is 2.54. The maximum Gasteiger partial charge on any atom is 0.241 e. The molecule has 0 aliphatic heterocycles. The summed E-state index contributed by atoms with van der Waals surface area (Å²) in [6.07, 6.45) is 0. The maximum atomic E-state index is 13.2. The predicted molar refractivity (Wildman–Crippen MR) is 92.5 cm³/mol. The summed E-state index contributed by atoms with van der Waals surface area (Å²) in [4.78, 5) is 6.41. The third-order valence-electron chi connectivity index (χ3n) is 3.64. The van der Waals surface area contributed by atoms with Crippen molar-refractivity contribution >= 4 is 0 Å². The lowest BCUT2D eigenvalue weighted by Gasteiger charge is -2.13. The Morgan fingerprint density at radius 2 is 1.92 bits per heavy atom. The van der Waals surface area contributed by atoms with E-state index < -0.39 is 0 Å². The third-order valence-corrected chi connectivity index (χ3v) is 3.64. The van der Waals surface area contributed by atoms with E-state index in [2.05, 4.69) is 10.1 Å². The molecule has 0 saturated heterocycles. The third kappa shape index (κ3) is 4.64. The molecule has 6 heteroatoms. The molecule has 1 heterocycles. The van der Waals surface area contributed by atoms with Crippen LogP contribution in [0.2, 0.25) is 0 Å². The van der Waals surface area contributed by atoms with Gasteiger partial charge >= 0.3 is 0 Å². The Labute approximate surface area is 146 Å². The highest BCUT2D eigenvalue weighted by Gasteiger charge is 2.11. The monoisotopic (exact) mass is 341 g/mol. The fourth-order valence-corrected chi connectivity index (χ4v) is 2.54. The zero-order valence-corrected chi connectivity index (χ0v) is 14.3. The number of rotatable bonds is 7. The summed E-state index contributed by atoms with van der Waals surface area (Å²) in [6, 6.07) is 14.1. The van der Waals surface area contributed by atoms with E-state index >= 15 is 0 Å². The van der Waals surface area contributed by atoms with Crippen LogP contribution in [0.5, 0.6) is 5.75 Å². The van der Waals surface area contributed by atoms with Gasteiger partial charge in [-0.3, -0.25) is 4.90 Å². The number of ether oxygens (including phenoxy) is 1. The summed E-state index contributed by atoms with van der Waals surface area (Å²) in [7, 11) is 1.92. The molecule has 0 unspecified atom stereocenters. The SMILES string of the molecule is CCOc1ccc(-c2noc(CN(C)Cc3cccc(F)c3)n2)cc1. The van der Waals surface area contributed by atoms with Crippen LogP contribution in [0.25, 0.3) is 11.4 Å². The lowest BCUT2D eigenvalue weighted by molar-refractivity contribution is 0.260. The minimum absolute atomic E-state index is 0.235. The van der Waals surface area contributed by atoms with Crippen LogP contribution in [0.4, 0.5) is 4.39 Å². The van der Waals surface area contributed by atoms with E-state index in [4.69, 9.17) is 9.26 Å². The molecule has 0 atom stereocenters. The first-order valence-electron chi connectivity index (χ1n) is 8.13. The standard InChI is InChI=1S/C19H20FN3O2/c1-3-24-17-9-7-15(8-10-17)19-21-18(25-22-19)13-23(2)12-14-5-4-6-16(20)11-14/h4-11H,3,12-13H2,1-2H3.